The molecule has 1 N–H and O–H groups in total. The molecule has 0 spiro atoms. The van der Waals surface area contributed by atoms with E-state index in [0.717, 1.165) is 10.0 Å². The topological polar surface area (TPSA) is 29.5 Å². The Hall–Kier alpha value is -0.710. The Balaban J connectivity index is 2.41. The van der Waals surface area contributed by atoms with Crippen molar-refractivity contribution < 1.29 is 14.2 Å². The highest BCUT2D eigenvalue weighted by Gasteiger charge is 2.21. The molecule has 1 heterocycles. The average molecular weight is 287 g/mol. The molecule has 0 aromatic heterocycles. The summed E-state index contributed by atoms with van der Waals surface area (Å²) in [6, 6.07) is 4.81. The molecule has 86 valence electrons. The lowest BCUT2D eigenvalue weighted by Crippen LogP contribution is -2.21. The van der Waals surface area contributed by atoms with Crippen molar-refractivity contribution in [1.29, 1.82) is 0 Å². The summed E-state index contributed by atoms with van der Waals surface area (Å²) in [4.78, 5) is 0. The molecular weight excluding hydrogens is 275 g/mol. The largest absolute Gasteiger partial charge is 0.396 e. The third-order valence-electron chi connectivity index (χ3n) is 2.64. The van der Waals surface area contributed by atoms with Crippen LogP contribution >= 0.6 is 15.9 Å². The van der Waals surface area contributed by atoms with Crippen LogP contribution in [0.3, 0.4) is 0 Å². The molecule has 1 aliphatic rings. The van der Waals surface area contributed by atoms with Gasteiger partial charge >= 0.3 is 0 Å². The van der Waals surface area contributed by atoms with Crippen LogP contribution in [0.1, 0.15) is 5.56 Å². The van der Waals surface area contributed by atoms with Crippen LogP contribution in [0.2, 0.25) is 0 Å². The maximum absolute atomic E-state index is 13.7. The Labute approximate surface area is 102 Å². The molecule has 0 saturated heterocycles. The van der Waals surface area contributed by atoms with Gasteiger partial charge in [0, 0.05) is 16.0 Å². The van der Waals surface area contributed by atoms with Gasteiger partial charge in [-0.2, -0.15) is 0 Å². The summed E-state index contributed by atoms with van der Waals surface area (Å²) in [5, 5.41) is 9.23. The molecule has 0 fully saturated rings. The minimum atomic E-state index is -0.269. The van der Waals surface area contributed by atoms with Crippen LogP contribution in [0.4, 0.5) is 4.39 Å². The molecule has 1 unspecified atom stereocenters. The smallest absolute Gasteiger partial charge is 0.130 e. The van der Waals surface area contributed by atoms with Crippen LogP contribution in [0.15, 0.2) is 28.7 Å². The van der Waals surface area contributed by atoms with Gasteiger partial charge in [-0.1, -0.05) is 22.0 Å². The summed E-state index contributed by atoms with van der Waals surface area (Å²) in [6.45, 7) is 0.879. The molecule has 0 radical (unpaired) electrons. The zero-order chi connectivity index (χ0) is 11.5. The molecule has 2 rings (SSSR count). The second-order valence-electron chi connectivity index (χ2n) is 3.70. The highest BCUT2D eigenvalue weighted by Crippen LogP contribution is 2.30. The van der Waals surface area contributed by atoms with E-state index in [1.54, 1.807) is 12.1 Å². The number of benzene rings is 1. The van der Waals surface area contributed by atoms with Gasteiger partial charge in [0.1, 0.15) is 5.82 Å². The zero-order valence-electron chi connectivity index (χ0n) is 8.62. The van der Waals surface area contributed by atoms with Crippen LogP contribution < -0.4 is 0 Å². The molecule has 0 amide bonds. The SMILES string of the molecule is OCC1COCC=C1c1cc(Br)ccc1F. The molecule has 1 atom stereocenters. The van der Waals surface area contributed by atoms with Crippen LogP contribution in [-0.2, 0) is 4.74 Å². The molecule has 4 heteroatoms. The quantitative estimate of drug-likeness (QED) is 0.906. The summed E-state index contributed by atoms with van der Waals surface area (Å²) in [5.74, 6) is -0.410. The molecule has 0 saturated carbocycles. The Morgan fingerprint density at radius 2 is 2.31 bits per heavy atom. The number of halogens is 2. The van der Waals surface area contributed by atoms with Gasteiger partial charge in [-0.15, -0.1) is 0 Å². The predicted octanol–water partition coefficient (Wildman–Crippen LogP) is 2.61. The molecular formula is C12H12BrFO2. The highest BCUT2D eigenvalue weighted by atomic mass is 79.9. The average Bonchev–Trinajstić information content (AvgIpc) is 2.32. The van der Waals surface area contributed by atoms with E-state index in [2.05, 4.69) is 15.9 Å². The second kappa shape index (κ2) is 5.08. The van der Waals surface area contributed by atoms with E-state index in [4.69, 9.17) is 4.74 Å². The van der Waals surface area contributed by atoms with Crippen LogP contribution in [0.25, 0.3) is 5.57 Å². The monoisotopic (exact) mass is 286 g/mol. The minimum absolute atomic E-state index is 0.0300. The molecule has 1 aliphatic heterocycles. The van der Waals surface area contributed by atoms with Crippen molar-refractivity contribution in [2.45, 2.75) is 0 Å². The number of hydrogen-bond donors (Lipinski definition) is 1. The van der Waals surface area contributed by atoms with E-state index in [9.17, 15) is 9.50 Å². The van der Waals surface area contributed by atoms with Gasteiger partial charge in [-0.3, -0.25) is 0 Å². The molecule has 0 bridgehead atoms. The molecule has 1 aromatic carbocycles. The van der Waals surface area contributed by atoms with Gasteiger partial charge in [0.15, 0.2) is 0 Å². The van der Waals surface area contributed by atoms with Crippen molar-refractivity contribution in [3.05, 3.63) is 40.1 Å². The fraction of sp³-hybridized carbons (Fsp3) is 0.333. The van der Waals surface area contributed by atoms with Gasteiger partial charge in [-0.05, 0) is 23.8 Å². The first-order chi connectivity index (χ1) is 7.72. The van der Waals surface area contributed by atoms with Gasteiger partial charge in [0.2, 0.25) is 0 Å². The number of aliphatic hydroxyl groups is 1. The lowest BCUT2D eigenvalue weighted by molar-refractivity contribution is 0.103. The van der Waals surface area contributed by atoms with Crippen LogP contribution in [0.5, 0.6) is 0 Å². The van der Waals surface area contributed by atoms with Crippen molar-refractivity contribution in [2.75, 3.05) is 19.8 Å². The third kappa shape index (κ3) is 2.34. The van der Waals surface area contributed by atoms with E-state index in [1.807, 2.05) is 6.08 Å². The Morgan fingerprint density at radius 3 is 3.06 bits per heavy atom. The number of aliphatic hydroxyl groups excluding tert-OH is 1. The van der Waals surface area contributed by atoms with E-state index in [0.29, 0.717) is 18.8 Å². The van der Waals surface area contributed by atoms with Gasteiger partial charge in [-0.25, -0.2) is 4.39 Å². The van der Waals surface area contributed by atoms with Gasteiger partial charge in [0.25, 0.3) is 0 Å². The Bertz CT molecular complexity index is 417. The van der Waals surface area contributed by atoms with E-state index in [1.165, 1.54) is 6.07 Å². The maximum Gasteiger partial charge on any atom is 0.130 e. The highest BCUT2D eigenvalue weighted by molar-refractivity contribution is 9.10. The molecule has 1 aromatic rings. The zero-order valence-corrected chi connectivity index (χ0v) is 10.2. The normalized spacial score (nSPS) is 20.7. The standard InChI is InChI=1S/C12H12BrFO2/c13-9-1-2-12(14)11(5-9)10-3-4-16-7-8(10)6-15/h1-3,5,8,15H,4,6-7H2. The summed E-state index contributed by atoms with van der Waals surface area (Å²) >= 11 is 3.32. The molecule has 2 nitrogen and oxygen atoms in total. The van der Waals surface area contributed by atoms with Gasteiger partial charge < -0.3 is 9.84 Å². The van der Waals surface area contributed by atoms with Crippen LogP contribution in [0, 0.1) is 11.7 Å². The van der Waals surface area contributed by atoms with Crippen molar-refractivity contribution in [3.63, 3.8) is 0 Å². The fourth-order valence-electron chi connectivity index (χ4n) is 1.82. The maximum atomic E-state index is 13.7. The van der Waals surface area contributed by atoms with E-state index >= 15 is 0 Å². The van der Waals surface area contributed by atoms with Crippen molar-refractivity contribution in [3.8, 4) is 0 Å². The summed E-state index contributed by atoms with van der Waals surface area (Å²) in [5.41, 5.74) is 1.37. The molecule has 16 heavy (non-hydrogen) atoms. The second-order valence-corrected chi connectivity index (χ2v) is 4.62. The lowest BCUT2D eigenvalue weighted by Gasteiger charge is -2.23. The van der Waals surface area contributed by atoms with Crippen molar-refractivity contribution in [2.24, 2.45) is 5.92 Å². The fourth-order valence-corrected chi connectivity index (χ4v) is 2.18. The summed E-state index contributed by atoms with van der Waals surface area (Å²) in [7, 11) is 0. The summed E-state index contributed by atoms with van der Waals surface area (Å²) in [6.07, 6.45) is 1.83. The first-order valence-electron chi connectivity index (χ1n) is 5.06. The Kier molecular flexibility index (Phi) is 3.74. The Morgan fingerprint density at radius 1 is 1.50 bits per heavy atom. The van der Waals surface area contributed by atoms with Crippen molar-refractivity contribution >= 4 is 21.5 Å². The molecule has 0 aliphatic carbocycles. The first kappa shape index (κ1) is 11.8. The summed E-state index contributed by atoms with van der Waals surface area (Å²) < 4.78 is 19.7. The van der Waals surface area contributed by atoms with Crippen LogP contribution in [-0.4, -0.2) is 24.9 Å². The third-order valence-corrected chi connectivity index (χ3v) is 3.13. The van der Waals surface area contributed by atoms with E-state index < -0.39 is 0 Å². The van der Waals surface area contributed by atoms with E-state index in [-0.39, 0.29) is 18.3 Å². The first-order valence-corrected chi connectivity index (χ1v) is 5.85. The van der Waals surface area contributed by atoms with Gasteiger partial charge in [0.05, 0.1) is 19.8 Å². The lowest BCUT2D eigenvalue weighted by atomic mass is 9.91. The number of ether oxygens (including phenoxy) is 1. The predicted molar refractivity (Wildman–Crippen MR) is 63.5 cm³/mol. The van der Waals surface area contributed by atoms with Crippen molar-refractivity contribution in [1.82, 2.24) is 0 Å². The number of hydrogen-bond acceptors (Lipinski definition) is 2. The minimum Gasteiger partial charge on any atom is -0.396 e. The number of rotatable bonds is 2.